The fraction of sp³-hybridized carbons (Fsp3) is 0.769. The second kappa shape index (κ2) is 8.43. The molecule has 1 N–H and O–H groups in total. The van der Waals surface area contributed by atoms with Gasteiger partial charge in [0.2, 0.25) is 0 Å². The number of rotatable bonds is 9. The van der Waals surface area contributed by atoms with Crippen LogP contribution >= 0.6 is 11.8 Å². The molecule has 18 heavy (non-hydrogen) atoms. The lowest BCUT2D eigenvalue weighted by atomic mass is 10.2. The number of hydrogen-bond acceptors (Lipinski definition) is 4. The summed E-state index contributed by atoms with van der Waals surface area (Å²) >= 11 is 1.97. The van der Waals surface area contributed by atoms with Crippen molar-refractivity contribution in [1.82, 2.24) is 15.1 Å². The van der Waals surface area contributed by atoms with E-state index in [0.717, 1.165) is 24.5 Å². The zero-order valence-corrected chi connectivity index (χ0v) is 12.7. The predicted octanol–water partition coefficient (Wildman–Crippen LogP) is 2.71. The topological polar surface area (TPSA) is 39.1 Å². The van der Waals surface area contributed by atoms with Gasteiger partial charge < -0.3 is 10.1 Å². The lowest BCUT2D eigenvalue weighted by Gasteiger charge is -2.18. The third-order valence-electron chi connectivity index (χ3n) is 2.81. The quantitative estimate of drug-likeness (QED) is 0.701. The van der Waals surface area contributed by atoms with Crippen molar-refractivity contribution in [1.29, 1.82) is 0 Å². The smallest absolute Gasteiger partial charge is 0.161 e. The van der Waals surface area contributed by atoms with E-state index < -0.39 is 0 Å². The van der Waals surface area contributed by atoms with E-state index in [4.69, 9.17) is 4.74 Å². The Morgan fingerprint density at radius 1 is 1.44 bits per heavy atom. The highest BCUT2D eigenvalue weighted by Gasteiger charge is 2.20. The summed E-state index contributed by atoms with van der Waals surface area (Å²) in [5.74, 6) is 3.14. The van der Waals surface area contributed by atoms with E-state index in [1.165, 1.54) is 17.9 Å². The molecule has 0 fully saturated rings. The van der Waals surface area contributed by atoms with Crippen LogP contribution < -0.4 is 10.1 Å². The Balaban J connectivity index is 2.83. The lowest BCUT2D eigenvalue weighted by Crippen LogP contribution is -2.23. The largest absolute Gasteiger partial charge is 0.493 e. The summed E-state index contributed by atoms with van der Waals surface area (Å²) in [6.07, 6.45) is 4.11. The van der Waals surface area contributed by atoms with Crippen molar-refractivity contribution in [3.8, 4) is 5.75 Å². The Morgan fingerprint density at radius 3 is 2.78 bits per heavy atom. The summed E-state index contributed by atoms with van der Waals surface area (Å²) in [5, 5.41) is 7.79. The normalized spacial score (nSPS) is 12.7. The van der Waals surface area contributed by atoms with Crippen molar-refractivity contribution in [3.05, 3.63) is 11.9 Å². The van der Waals surface area contributed by atoms with Crippen LogP contribution in [0.1, 0.15) is 38.4 Å². The van der Waals surface area contributed by atoms with Gasteiger partial charge in [-0.3, -0.25) is 4.68 Å². The highest BCUT2D eigenvalue weighted by atomic mass is 32.2. The molecule has 0 radical (unpaired) electrons. The number of nitrogens with one attached hydrogen (secondary N) is 1. The second-order valence-electron chi connectivity index (χ2n) is 4.24. The van der Waals surface area contributed by atoms with Gasteiger partial charge in [-0.25, -0.2) is 0 Å². The standard InChI is InChI=1S/C13H25N3OS/c1-5-7-16-13(12(17-4)9-15-16)11(14-3)10-18-8-6-2/h9,11,14H,5-8,10H2,1-4H3. The molecule has 1 atom stereocenters. The molecule has 1 aromatic rings. The molecular weight excluding hydrogens is 246 g/mol. The Hall–Kier alpha value is -0.680. The van der Waals surface area contributed by atoms with E-state index in [9.17, 15) is 0 Å². The lowest BCUT2D eigenvalue weighted by molar-refractivity contribution is 0.398. The van der Waals surface area contributed by atoms with Crippen molar-refractivity contribution in [2.24, 2.45) is 0 Å². The minimum absolute atomic E-state index is 0.297. The molecule has 0 aliphatic heterocycles. The summed E-state index contributed by atoms with van der Waals surface area (Å²) in [7, 11) is 3.71. The van der Waals surface area contributed by atoms with Gasteiger partial charge in [0, 0.05) is 12.3 Å². The van der Waals surface area contributed by atoms with Crippen LogP contribution in [0.2, 0.25) is 0 Å². The molecule has 0 spiro atoms. The van der Waals surface area contributed by atoms with Gasteiger partial charge >= 0.3 is 0 Å². The summed E-state index contributed by atoms with van der Waals surface area (Å²) < 4.78 is 7.49. The molecule has 1 rings (SSSR count). The van der Waals surface area contributed by atoms with Crippen LogP contribution in [0.25, 0.3) is 0 Å². The molecule has 0 saturated carbocycles. The van der Waals surface area contributed by atoms with E-state index >= 15 is 0 Å². The van der Waals surface area contributed by atoms with Crippen LogP contribution in [0, 0.1) is 0 Å². The predicted molar refractivity (Wildman–Crippen MR) is 78.5 cm³/mol. The first kappa shape index (κ1) is 15.4. The first-order chi connectivity index (χ1) is 8.78. The van der Waals surface area contributed by atoms with Crippen LogP contribution in [0.5, 0.6) is 5.75 Å². The maximum atomic E-state index is 5.43. The molecule has 4 nitrogen and oxygen atoms in total. The Morgan fingerprint density at radius 2 is 2.22 bits per heavy atom. The molecule has 5 heteroatoms. The van der Waals surface area contributed by atoms with Crippen molar-refractivity contribution in [2.45, 2.75) is 39.3 Å². The average molecular weight is 271 g/mol. The molecule has 0 aliphatic carbocycles. The molecule has 1 aromatic heterocycles. The maximum absolute atomic E-state index is 5.43. The molecule has 0 bridgehead atoms. The highest BCUT2D eigenvalue weighted by molar-refractivity contribution is 7.99. The number of ether oxygens (including phenoxy) is 1. The summed E-state index contributed by atoms with van der Waals surface area (Å²) in [6.45, 7) is 5.32. The van der Waals surface area contributed by atoms with Gasteiger partial charge in [-0.2, -0.15) is 16.9 Å². The summed E-state index contributed by atoms with van der Waals surface area (Å²) in [6, 6.07) is 0.297. The van der Waals surface area contributed by atoms with Crippen molar-refractivity contribution in [2.75, 3.05) is 25.7 Å². The van der Waals surface area contributed by atoms with Gasteiger partial charge in [0.25, 0.3) is 0 Å². The van der Waals surface area contributed by atoms with Crippen LogP contribution in [-0.4, -0.2) is 35.4 Å². The molecular formula is C13H25N3OS. The van der Waals surface area contributed by atoms with Gasteiger partial charge in [0.1, 0.15) is 0 Å². The number of hydrogen-bond donors (Lipinski definition) is 1. The van der Waals surface area contributed by atoms with Crippen LogP contribution in [-0.2, 0) is 6.54 Å². The van der Waals surface area contributed by atoms with Crippen molar-refractivity contribution >= 4 is 11.8 Å². The molecule has 0 saturated heterocycles. The first-order valence-corrected chi connectivity index (χ1v) is 7.78. The maximum Gasteiger partial charge on any atom is 0.161 e. The zero-order chi connectivity index (χ0) is 13.4. The molecule has 1 heterocycles. The molecule has 0 aromatic carbocycles. The SMILES string of the molecule is CCCSCC(NC)c1c(OC)cnn1CCC. The number of aryl methyl sites for hydroxylation is 1. The van der Waals surface area contributed by atoms with Crippen molar-refractivity contribution < 1.29 is 4.74 Å². The van der Waals surface area contributed by atoms with Gasteiger partial charge in [-0.05, 0) is 25.6 Å². The monoisotopic (exact) mass is 271 g/mol. The average Bonchev–Trinajstić information content (AvgIpc) is 2.78. The molecule has 0 amide bonds. The zero-order valence-electron chi connectivity index (χ0n) is 11.9. The Labute approximate surface area is 114 Å². The van der Waals surface area contributed by atoms with Crippen LogP contribution in [0.4, 0.5) is 0 Å². The van der Waals surface area contributed by atoms with E-state index in [2.05, 4.69) is 28.9 Å². The van der Waals surface area contributed by atoms with Crippen LogP contribution in [0.3, 0.4) is 0 Å². The van der Waals surface area contributed by atoms with Gasteiger partial charge in [0.05, 0.1) is 25.0 Å². The second-order valence-corrected chi connectivity index (χ2v) is 5.39. The van der Waals surface area contributed by atoms with Gasteiger partial charge in [0.15, 0.2) is 5.75 Å². The van der Waals surface area contributed by atoms with Crippen LogP contribution in [0.15, 0.2) is 6.20 Å². The number of nitrogens with zero attached hydrogens (tertiary/aromatic N) is 2. The summed E-state index contributed by atoms with van der Waals surface area (Å²) in [4.78, 5) is 0. The molecule has 0 aliphatic rings. The molecule has 104 valence electrons. The fourth-order valence-electron chi connectivity index (χ4n) is 1.92. The van der Waals surface area contributed by atoms with E-state index in [-0.39, 0.29) is 0 Å². The summed E-state index contributed by atoms with van der Waals surface area (Å²) in [5.41, 5.74) is 1.17. The van der Waals surface area contributed by atoms with Gasteiger partial charge in [-0.15, -0.1) is 0 Å². The first-order valence-electron chi connectivity index (χ1n) is 6.63. The minimum Gasteiger partial charge on any atom is -0.493 e. The van der Waals surface area contributed by atoms with E-state index in [1.54, 1.807) is 7.11 Å². The van der Waals surface area contributed by atoms with Gasteiger partial charge in [-0.1, -0.05) is 13.8 Å². The number of aromatic nitrogens is 2. The minimum atomic E-state index is 0.297. The number of methoxy groups -OCH3 is 1. The third kappa shape index (κ3) is 3.92. The Kier molecular flexibility index (Phi) is 7.20. The Bertz CT molecular complexity index is 341. The highest BCUT2D eigenvalue weighted by Crippen LogP contribution is 2.27. The van der Waals surface area contributed by atoms with Crippen molar-refractivity contribution in [3.63, 3.8) is 0 Å². The molecule has 1 unspecified atom stereocenters. The van der Waals surface area contributed by atoms with E-state index in [0.29, 0.717) is 6.04 Å². The number of thioether (sulfide) groups is 1. The third-order valence-corrected chi connectivity index (χ3v) is 4.08. The fourth-order valence-corrected chi connectivity index (χ4v) is 2.94. The van der Waals surface area contributed by atoms with E-state index in [1.807, 2.05) is 25.0 Å².